The summed E-state index contributed by atoms with van der Waals surface area (Å²) in [7, 11) is 0. The maximum atomic E-state index is 12.3. The molecule has 1 aliphatic heterocycles. The zero-order valence-electron chi connectivity index (χ0n) is 14.0. The number of benzene rings is 1. The van der Waals surface area contributed by atoms with Crippen molar-refractivity contribution in [1.29, 1.82) is 0 Å². The van der Waals surface area contributed by atoms with Crippen molar-refractivity contribution < 1.29 is 19.6 Å². The van der Waals surface area contributed by atoms with E-state index in [1.807, 2.05) is 4.90 Å². The van der Waals surface area contributed by atoms with E-state index < -0.39 is 22.8 Å². The predicted molar refractivity (Wildman–Crippen MR) is 92.9 cm³/mol. The number of carbonyl (C=O) groups is 2. The number of nitrogens with one attached hydrogen (secondary N) is 1. The van der Waals surface area contributed by atoms with Crippen LogP contribution in [-0.4, -0.2) is 41.0 Å². The number of carbonyl (C=O) groups excluding carboxylic acids is 1. The SMILES string of the molecule is C/C=C/CC(NC(=O)c1ccc(N2CCCC2)c([N+](=O)[O-])c1)C(=O)O. The number of aliphatic carboxylic acids is 1. The minimum atomic E-state index is -1.16. The maximum Gasteiger partial charge on any atom is 0.326 e. The van der Waals surface area contributed by atoms with Gasteiger partial charge < -0.3 is 15.3 Å². The van der Waals surface area contributed by atoms with Gasteiger partial charge in [0.05, 0.1) is 4.92 Å². The van der Waals surface area contributed by atoms with Crippen molar-refractivity contribution in [2.75, 3.05) is 18.0 Å². The third-order valence-corrected chi connectivity index (χ3v) is 4.09. The molecule has 2 rings (SSSR count). The van der Waals surface area contributed by atoms with Gasteiger partial charge in [-0.2, -0.15) is 0 Å². The summed E-state index contributed by atoms with van der Waals surface area (Å²) < 4.78 is 0. The largest absolute Gasteiger partial charge is 0.480 e. The van der Waals surface area contributed by atoms with Crippen molar-refractivity contribution >= 4 is 23.3 Å². The fourth-order valence-electron chi connectivity index (χ4n) is 2.77. The summed E-state index contributed by atoms with van der Waals surface area (Å²) in [5.41, 5.74) is 0.416. The van der Waals surface area contributed by atoms with Crippen LogP contribution in [0.3, 0.4) is 0 Å². The second-order valence-corrected chi connectivity index (χ2v) is 5.82. The number of anilines is 1. The topological polar surface area (TPSA) is 113 Å². The van der Waals surface area contributed by atoms with Gasteiger partial charge in [-0.25, -0.2) is 4.79 Å². The molecule has 1 aliphatic rings. The summed E-state index contributed by atoms with van der Waals surface area (Å²) in [4.78, 5) is 36.3. The molecule has 0 radical (unpaired) electrons. The second kappa shape index (κ2) is 8.27. The zero-order chi connectivity index (χ0) is 18.4. The van der Waals surface area contributed by atoms with Gasteiger partial charge in [-0.05, 0) is 38.3 Å². The molecule has 8 nitrogen and oxygen atoms in total. The Kier molecular flexibility index (Phi) is 6.10. The van der Waals surface area contributed by atoms with Gasteiger partial charge >= 0.3 is 5.97 Å². The van der Waals surface area contributed by atoms with Gasteiger partial charge in [-0.3, -0.25) is 14.9 Å². The standard InChI is InChI=1S/C17H21N3O5/c1-2-3-6-13(17(22)23)18-16(21)12-7-8-14(15(11-12)20(24)25)19-9-4-5-10-19/h2-3,7-8,11,13H,4-6,9-10H2,1H3,(H,18,21)(H,22,23)/b3-2+. The van der Waals surface area contributed by atoms with Gasteiger partial charge in [0.25, 0.3) is 11.6 Å². The van der Waals surface area contributed by atoms with E-state index in [1.54, 1.807) is 25.1 Å². The lowest BCUT2D eigenvalue weighted by Gasteiger charge is -2.18. The molecule has 1 amide bonds. The summed E-state index contributed by atoms with van der Waals surface area (Å²) in [6, 6.07) is 3.17. The summed E-state index contributed by atoms with van der Waals surface area (Å²) in [6.45, 7) is 3.24. The molecule has 0 saturated carbocycles. The summed E-state index contributed by atoms with van der Waals surface area (Å²) in [5, 5.41) is 22.9. The highest BCUT2D eigenvalue weighted by atomic mass is 16.6. The van der Waals surface area contributed by atoms with Gasteiger partial charge in [0.1, 0.15) is 11.7 Å². The van der Waals surface area contributed by atoms with E-state index >= 15 is 0 Å². The Bertz CT molecular complexity index is 696. The van der Waals surface area contributed by atoms with E-state index in [0.717, 1.165) is 25.9 Å². The second-order valence-electron chi connectivity index (χ2n) is 5.82. The van der Waals surface area contributed by atoms with Crippen molar-refractivity contribution in [3.63, 3.8) is 0 Å². The first-order chi connectivity index (χ1) is 11.9. The predicted octanol–water partition coefficient (Wildman–Crippen LogP) is 2.34. The minimum absolute atomic E-state index is 0.0707. The van der Waals surface area contributed by atoms with Crippen LogP contribution < -0.4 is 10.2 Å². The molecule has 8 heteroatoms. The Hall–Kier alpha value is -2.90. The zero-order valence-corrected chi connectivity index (χ0v) is 14.0. The number of amides is 1. The number of hydrogen-bond acceptors (Lipinski definition) is 5. The molecule has 1 unspecified atom stereocenters. The van der Waals surface area contributed by atoms with Crippen LogP contribution >= 0.6 is 0 Å². The van der Waals surface area contributed by atoms with Crippen LogP contribution in [0.4, 0.5) is 11.4 Å². The Morgan fingerprint density at radius 3 is 2.64 bits per heavy atom. The van der Waals surface area contributed by atoms with Crippen LogP contribution in [0.2, 0.25) is 0 Å². The number of carboxylic acids is 1. The monoisotopic (exact) mass is 347 g/mol. The van der Waals surface area contributed by atoms with Gasteiger partial charge in [0, 0.05) is 24.7 Å². The summed E-state index contributed by atoms with van der Waals surface area (Å²) in [6.07, 6.45) is 5.43. The Labute approximate surface area is 145 Å². The molecule has 25 heavy (non-hydrogen) atoms. The van der Waals surface area contributed by atoms with Crippen LogP contribution in [0, 0.1) is 10.1 Å². The van der Waals surface area contributed by atoms with Crippen LogP contribution in [0.15, 0.2) is 30.4 Å². The van der Waals surface area contributed by atoms with E-state index in [0.29, 0.717) is 5.69 Å². The fraction of sp³-hybridized carbons (Fsp3) is 0.412. The van der Waals surface area contributed by atoms with E-state index in [-0.39, 0.29) is 17.7 Å². The average Bonchev–Trinajstić information content (AvgIpc) is 3.11. The molecule has 1 saturated heterocycles. The molecule has 134 valence electrons. The molecule has 0 aromatic heterocycles. The number of rotatable bonds is 7. The summed E-state index contributed by atoms with van der Waals surface area (Å²) >= 11 is 0. The lowest BCUT2D eigenvalue weighted by atomic mass is 10.1. The number of carboxylic acid groups (broad SMARTS) is 1. The van der Waals surface area contributed by atoms with Crippen molar-refractivity contribution in [1.82, 2.24) is 5.32 Å². The first-order valence-electron chi connectivity index (χ1n) is 8.12. The van der Waals surface area contributed by atoms with E-state index in [1.165, 1.54) is 12.1 Å². The van der Waals surface area contributed by atoms with Gasteiger partial charge in [0.2, 0.25) is 0 Å². The Balaban J connectivity index is 2.23. The van der Waals surface area contributed by atoms with Crippen molar-refractivity contribution in [2.45, 2.75) is 32.2 Å². The minimum Gasteiger partial charge on any atom is -0.480 e. The number of nitro benzene ring substituents is 1. The molecule has 1 atom stereocenters. The number of allylic oxidation sites excluding steroid dienone is 1. The molecule has 1 fully saturated rings. The van der Waals surface area contributed by atoms with Crippen molar-refractivity contribution in [3.05, 3.63) is 46.0 Å². The van der Waals surface area contributed by atoms with E-state index in [2.05, 4.69) is 5.32 Å². The van der Waals surface area contributed by atoms with Crippen LogP contribution in [-0.2, 0) is 4.79 Å². The first-order valence-corrected chi connectivity index (χ1v) is 8.12. The molecular formula is C17H21N3O5. The van der Waals surface area contributed by atoms with Gasteiger partial charge in [0.15, 0.2) is 0 Å². The third-order valence-electron chi connectivity index (χ3n) is 4.09. The first kappa shape index (κ1) is 18.4. The third kappa shape index (κ3) is 4.56. The van der Waals surface area contributed by atoms with E-state index in [4.69, 9.17) is 5.11 Å². The van der Waals surface area contributed by atoms with Crippen LogP contribution in [0.5, 0.6) is 0 Å². The average molecular weight is 347 g/mol. The van der Waals surface area contributed by atoms with Gasteiger partial charge in [-0.15, -0.1) is 0 Å². The summed E-state index contributed by atoms with van der Waals surface area (Å²) in [5.74, 6) is -1.80. The number of nitro groups is 1. The lowest BCUT2D eigenvalue weighted by molar-refractivity contribution is -0.384. The molecule has 0 spiro atoms. The van der Waals surface area contributed by atoms with E-state index in [9.17, 15) is 19.7 Å². The van der Waals surface area contributed by atoms with Crippen LogP contribution in [0.25, 0.3) is 0 Å². The molecule has 1 heterocycles. The molecule has 0 bridgehead atoms. The highest BCUT2D eigenvalue weighted by Gasteiger charge is 2.25. The highest BCUT2D eigenvalue weighted by Crippen LogP contribution is 2.31. The molecule has 0 aliphatic carbocycles. The molecule has 1 aromatic rings. The molecule has 1 aromatic carbocycles. The maximum absolute atomic E-state index is 12.3. The lowest BCUT2D eigenvalue weighted by Crippen LogP contribution is -2.40. The van der Waals surface area contributed by atoms with Gasteiger partial charge in [-0.1, -0.05) is 12.2 Å². The highest BCUT2D eigenvalue weighted by molar-refractivity contribution is 5.98. The van der Waals surface area contributed by atoms with Crippen molar-refractivity contribution in [2.24, 2.45) is 0 Å². The van der Waals surface area contributed by atoms with Crippen LogP contribution in [0.1, 0.15) is 36.5 Å². The normalized spacial score (nSPS) is 15.3. The molecule has 2 N–H and O–H groups in total. The molecular weight excluding hydrogens is 326 g/mol. The smallest absolute Gasteiger partial charge is 0.326 e. The Morgan fingerprint density at radius 2 is 2.08 bits per heavy atom. The Morgan fingerprint density at radius 1 is 1.40 bits per heavy atom. The van der Waals surface area contributed by atoms with Crippen molar-refractivity contribution in [3.8, 4) is 0 Å². The quantitative estimate of drug-likeness (QED) is 0.445. The number of nitrogens with zero attached hydrogens (tertiary/aromatic N) is 2. The number of hydrogen-bond donors (Lipinski definition) is 2. The fourth-order valence-corrected chi connectivity index (χ4v) is 2.77.